The SMILES string of the molecule is CCCOc1ccc(C2CCC(=O)NC2=O)cc1. The molecule has 1 aliphatic heterocycles. The van der Waals surface area contributed by atoms with Crippen LogP contribution in [0.3, 0.4) is 0 Å². The molecule has 1 aliphatic rings. The Morgan fingerprint density at radius 3 is 2.61 bits per heavy atom. The number of benzene rings is 1. The van der Waals surface area contributed by atoms with E-state index in [1.165, 1.54) is 0 Å². The molecule has 2 rings (SSSR count). The van der Waals surface area contributed by atoms with Crippen LogP contribution in [0.4, 0.5) is 0 Å². The Morgan fingerprint density at radius 1 is 1.28 bits per heavy atom. The summed E-state index contributed by atoms with van der Waals surface area (Å²) in [6, 6.07) is 7.53. The van der Waals surface area contributed by atoms with Gasteiger partial charge in [-0.05, 0) is 30.5 Å². The van der Waals surface area contributed by atoms with Gasteiger partial charge in [0.05, 0.1) is 12.5 Å². The average Bonchev–Trinajstić information content (AvgIpc) is 2.37. The van der Waals surface area contributed by atoms with Gasteiger partial charge >= 0.3 is 0 Å². The zero-order chi connectivity index (χ0) is 13.0. The number of hydrogen-bond donors (Lipinski definition) is 1. The molecule has 0 aliphatic carbocycles. The highest BCUT2D eigenvalue weighted by Gasteiger charge is 2.27. The molecule has 1 atom stereocenters. The van der Waals surface area contributed by atoms with E-state index in [9.17, 15) is 9.59 Å². The van der Waals surface area contributed by atoms with Gasteiger partial charge in [-0.15, -0.1) is 0 Å². The summed E-state index contributed by atoms with van der Waals surface area (Å²) < 4.78 is 5.49. The second-order valence-corrected chi connectivity index (χ2v) is 4.42. The first kappa shape index (κ1) is 12.6. The molecule has 1 heterocycles. The monoisotopic (exact) mass is 247 g/mol. The van der Waals surface area contributed by atoms with E-state index in [1.54, 1.807) is 0 Å². The number of ether oxygens (including phenoxy) is 1. The summed E-state index contributed by atoms with van der Waals surface area (Å²) in [6.45, 7) is 2.75. The first-order valence-corrected chi connectivity index (χ1v) is 6.27. The van der Waals surface area contributed by atoms with Gasteiger partial charge in [0.1, 0.15) is 5.75 Å². The lowest BCUT2D eigenvalue weighted by molar-refractivity contribution is -0.134. The maximum atomic E-state index is 11.7. The molecular weight excluding hydrogens is 230 g/mol. The van der Waals surface area contributed by atoms with Crippen LogP contribution in [0.2, 0.25) is 0 Å². The molecule has 0 aromatic heterocycles. The zero-order valence-corrected chi connectivity index (χ0v) is 10.4. The molecule has 96 valence electrons. The number of imide groups is 1. The van der Waals surface area contributed by atoms with Crippen LogP contribution in [0.25, 0.3) is 0 Å². The van der Waals surface area contributed by atoms with Crippen molar-refractivity contribution in [1.29, 1.82) is 0 Å². The number of carbonyl (C=O) groups excluding carboxylic acids is 2. The van der Waals surface area contributed by atoms with E-state index < -0.39 is 0 Å². The van der Waals surface area contributed by atoms with Crippen molar-refractivity contribution in [2.75, 3.05) is 6.61 Å². The maximum Gasteiger partial charge on any atom is 0.234 e. The predicted molar refractivity (Wildman–Crippen MR) is 67.4 cm³/mol. The van der Waals surface area contributed by atoms with Crippen LogP contribution in [0.5, 0.6) is 5.75 Å². The van der Waals surface area contributed by atoms with Crippen LogP contribution in [-0.2, 0) is 9.59 Å². The van der Waals surface area contributed by atoms with E-state index in [4.69, 9.17) is 4.74 Å². The maximum absolute atomic E-state index is 11.7. The summed E-state index contributed by atoms with van der Waals surface area (Å²) in [7, 11) is 0. The summed E-state index contributed by atoms with van der Waals surface area (Å²) in [4.78, 5) is 22.8. The quantitative estimate of drug-likeness (QED) is 0.828. The third-order valence-electron chi connectivity index (χ3n) is 2.99. The normalized spacial score (nSPS) is 19.5. The minimum absolute atomic E-state index is 0.181. The van der Waals surface area contributed by atoms with Crippen molar-refractivity contribution < 1.29 is 14.3 Å². The first-order chi connectivity index (χ1) is 8.70. The highest BCUT2D eigenvalue weighted by molar-refractivity contribution is 6.00. The second-order valence-electron chi connectivity index (χ2n) is 4.42. The van der Waals surface area contributed by atoms with Gasteiger partial charge in [0.2, 0.25) is 11.8 Å². The third-order valence-corrected chi connectivity index (χ3v) is 2.99. The van der Waals surface area contributed by atoms with E-state index >= 15 is 0 Å². The molecule has 0 bridgehead atoms. The molecule has 0 radical (unpaired) electrons. The average molecular weight is 247 g/mol. The molecular formula is C14H17NO3. The molecule has 1 fully saturated rings. The summed E-state index contributed by atoms with van der Waals surface area (Å²) in [5, 5.41) is 2.37. The number of rotatable bonds is 4. The Hall–Kier alpha value is -1.84. The molecule has 4 nitrogen and oxygen atoms in total. The fraction of sp³-hybridized carbons (Fsp3) is 0.429. The van der Waals surface area contributed by atoms with E-state index in [0.29, 0.717) is 19.4 Å². The van der Waals surface area contributed by atoms with E-state index in [1.807, 2.05) is 24.3 Å². The van der Waals surface area contributed by atoms with Crippen molar-refractivity contribution in [3.8, 4) is 5.75 Å². The molecule has 0 spiro atoms. The summed E-state index contributed by atoms with van der Waals surface area (Å²) in [6.07, 6.45) is 1.96. The van der Waals surface area contributed by atoms with E-state index in [2.05, 4.69) is 12.2 Å². The highest BCUT2D eigenvalue weighted by Crippen LogP contribution is 2.26. The fourth-order valence-electron chi connectivity index (χ4n) is 2.03. The zero-order valence-electron chi connectivity index (χ0n) is 10.4. The Balaban J connectivity index is 2.05. The van der Waals surface area contributed by atoms with Crippen molar-refractivity contribution in [3.05, 3.63) is 29.8 Å². The van der Waals surface area contributed by atoms with Crippen molar-refractivity contribution in [3.63, 3.8) is 0 Å². The molecule has 18 heavy (non-hydrogen) atoms. The van der Waals surface area contributed by atoms with Gasteiger partial charge in [0, 0.05) is 6.42 Å². The smallest absolute Gasteiger partial charge is 0.234 e. The number of piperidine rings is 1. The van der Waals surface area contributed by atoms with Crippen LogP contribution < -0.4 is 10.1 Å². The molecule has 1 aromatic carbocycles. The molecule has 4 heteroatoms. The molecule has 1 saturated heterocycles. The lowest BCUT2D eigenvalue weighted by atomic mass is 9.90. The van der Waals surface area contributed by atoms with Gasteiger partial charge in [0.25, 0.3) is 0 Å². The fourth-order valence-corrected chi connectivity index (χ4v) is 2.03. The number of hydrogen-bond acceptors (Lipinski definition) is 3. The summed E-state index contributed by atoms with van der Waals surface area (Å²) in [5.74, 6) is 0.212. The van der Waals surface area contributed by atoms with Crippen LogP contribution >= 0.6 is 0 Å². The van der Waals surface area contributed by atoms with Crippen LogP contribution in [0.1, 0.15) is 37.7 Å². The van der Waals surface area contributed by atoms with Gasteiger partial charge in [-0.2, -0.15) is 0 Å². The third kappa shape index (κ3) is 2.88. The van der Waals surface area contributed by atoms with E-state index in [0.717, 1.165) is 17.7 Å². The molecule has 0 saturated carbocycles. The van der Waals surface area contributed by atoms with Gasteiger partial charge in [-0.25, -0.2) is 0 Å². The minimum Gasteiger partial charge on any atom is -0.494 e. The number of carbonyl (C=O) groups is 2. The lowest BCUT2D eigenvalue weighted by Gasteiger charge is -2.21. The molecule has 1 unspecified atom stereocenters. The van der Waals surface area contributed by atoms with Crippen molar-refractivity contribution >= 4 is 11.8 Å². The van der Waals surface area contributed by atoms with Crippen molar-refractivity contribution in [1.82, 2.24) is 5.32 Å². The van der Waals surface area contributed by atoms with Gasteiger partial charge in [0.15, 0.2) is 0 Å². The van der Waals surface area contributed by atoms with E-state index in [-0.39, 0.29) is 17.7 Å². The van der Waals surface area contributed by atoms with Crippen molar-refractivity contribution in [2.24, 2.45) is 0 Å². The molecule has 1 aromatic rings. The van der Waals surface area contributed by atoms with Crippen LogP contribution in [0, 0.1) is 0 Å². The Kier molecular flexibility index (Phi) is 3.97. The molecule has 1 N–H and O–H groups in total. The van der Waals surface area contributed by atoms with Crippen LogP contribution in [0.15, 0.2) is 24.3 Å². The number of nitrogens with one attached hydrogen (secondary N) is 1. The van der Waals surface area contributed by atoms with Gasteiger partial charge < -0.3 is 4.74 Å². The Labute approximate surface area is 106 Å². The first-order valence-electron chi connectivity index (χ1n) is 6.27. The predicted octanol–water partition coefficient (Wildman–Crippen LogP) is 2.00. The summed E-state index contributed by atoms with van der Waals surface area (Å²) in [5.41, 5.74) is 0.934. The lowest BCUT2D eigenvalue weighted by Crippen LogP contribution is -2.39. The standard InChI is InChI=1S/C14H17NO3/c1-2-9-18-11-5-3-10(4-6-11)12-7-8-13(16)15-14(12)17/h3-6,12H,2,7-9H2,1H3,(H,15,16,17). The largest absolute Gasteiger partial charge is 0.494 e. The Morgan fingerprint density at radius 2 is 2.00 bits per heavy atom. The highest BCUT2D eigenvalue weighted by atomic mass is 16.5. The minimum atomic E-state index is -0.220. The van der Waals surface area contributed by atoms with Crippen molar-refractivity contribution in [2.45, 2.75) is 32.1 Å². The topological polar surface area (TPSA) is 55.4 Å². The van der Waals surface area contributed by atoms with Crippen LogP contribution in [-0.4, -0.2) is 18.4 Å². The van der Waals surface area contributed by atoms with Gasteiger partial charge in [-0.1, -0.05) is 19.1 Å². The van der Waals surface area contributed by atoms with Gasteiger partial charge in [-0.3, -0.25) is 14.9 Å². The Bertz CT molecular complexity index is 439. The molecule has 2 amide bonds. The number of amides is 2. The second kappa shape index (κ2) is 5.67. The summed E-state index contributed by atoms with van der Waals surface area (Å²) >= 11 is 0.